The topological polar surface area (TPSA) is 6.48 Å². The zero-order chi connectivity index (χ0) is 15.9. The molecule has 24 heavy (non-hydrogen) atoms. The summed E-state index contributed by atoms with van der Waals surface area (Å²) in [6, 6.07) is 17.8. The summed E-state index contributed by atoms with van der Waals surface area (Å²) < 4.78 is 2.71. The van der Waals surface area contributed by atoms with Gasteiger partial charge in [-0.3, -0.25) is 5.01 Å². The molecule has 0 amide bonds. The number of nitrogens with zero attached hydrogens (tertiary/aromatic N) is 2. The first kappa shape index (κ1) is 14.5. The van der Waals surface area contributed by atoms with Gasteiger partial charge in [0.05, 0.1) is 11.4 Å². The van der Waals surface area contributed by atoms with Crippen LogP contribution in [0.5, 0.6) is 0 Å². The highest BCUT2D eigenvalue weighted by Crippen LogP contribution is 2.40. The molecule has 2 aromatic carbocycles. The van der Waals surface area contributed by atoms with Crippen LogP contribution in [0.15, 0.2) is 59.3 Å². The molecule has 0 unspecified atom stereocenters. The van der Waals surface area contributed by atoms with Crippen LogP contribution in [0.4, 0.5) is 11.4 Å². The van der Waals surface area contributed by atoms with Crippen molar-refractivity contribution in [2.45, 2.75) is 12.8 Å². The molecular formula is C20H18N2S2. The molecular weight excluding hydrogens is 332 g/mol. The Balaban J connectivity index is 1.76. The first-order chi connectivity index (χ1) is 11.9. The third-order valence-electron chi connectivity index (χ3n) is 4.77. The maximum Gasteiger partial charge on any atom is 0.0667 e. The quantitative estimate of drug-likeness (QED) is 0.430. The summed E-state index contributed by atoms with van der Waals surface area (Å²) in [6.45, 7) is 2.25. The lowest BCUT2D eigenvalue weighted by molar-refractivity contribution is 0.347. The van der Waals surface area contributed by atoms with Crippen molar-refractivity contribution in [1.29, 1.82) is 0 Å². The minimum absolute atomic E-state index is 1.13. The van der Waals surface area contributed by atoms with Gasteiger partial charge in [0.1, 0.15) is 0 Å². The normalized spacial score (nSPS) is 15.5. The lowest BCUT2D eigenvalue weighted by Gasteiger charge is -2.34. The Labute approximate surface area is 149 Å². The molecule has 2 aromatic heterocycles. The van der Waals surface area contributed by atoms with Gasteiger partial charge >= 0.3 is 0 Å². The van der Waals surface area contributed by atoms with Crippen molar-refractivity contribution in [1.82, 2.24) is 5.01 Å². The van der Waals surface area contributed by atoms with Crippen LogP contribution >= 0.6 is 22.7 Å². The molecule has 1 saturated heterocycles. The summed E-state index contributed by atoms with van der Waals surface area (Å²) in [4.78, 5) is 0. The minimum Gasteiger partial charge on any atom is -0.273 e. The molecule has 5 rings (SSSR count). The van der Waals surface area contributed by atoms with Crippen LogP contribution in [0.25, 0.3) is 20.2 Å². The van der Waals surface area contributed by atoms with Crippen molar-refractivity contribution >= 4 is 54.2 Å². The van der Waals surface area contributed by atoms with Gasteiger partial charge in [-0.1, -0.05) is 12.1 Å². The van der Waals surface area contributed by atoms with E-state index in [2.05, 4.69) is 69.3 Å². The Morgan fingerprint density at radius 1 is 0.708 bits per heavy atom. The molecule has 4 aromatic rings. The molecule has 0 spiro atoms. The standard InChI is InChI=1S/C20H18N2S2/c1-2-12-21(11-1)22(17-5-3-7-19-15(17)9-13-23-19)18-6-4-8-20-16(18)10-14-24-20/h3-10,13-14H,1-2,11-12H2. The Morgan fingerprint density at radius 3 is 1.79 bits per heavy atom. The average molecular weight is 351 g/mol. The first-order valence-corrected chi connectivity index (χ1v) is 10.2. The van der Waals surface area contributed by atoms with E-state index in [4.69, 9.17) is 0 Å². The van der Waals surface area contributed by atoms with Crippen molar-refractivity contribution in [3.8, 4) is 0 Å². The van der Waals surface area contributed by atoms with Crippen LogP contribution in [-0.2, 0) is 0 Å². The number of benzene rings is 2. The molecule has 0 aliphatic carbocycles. The zero-order valence-corrected chi connectivity index (χ0v) is 14.9. The fourth-order valence-electron chi connectivity index (χ4n) is 3.66. The second-order valence-corrected chi connectivity index (χ2v) is 8.09. The monoisotopic (exact) mass is 350 g/mol. The fraction of sp³-hybridized carbons (Fsp3) is 0.200. The van der Waals surface area contributed by atoms with E-state index in [1.54, 1.807) is 0 Å². The molecule has 0 radical (unpaired) electrons. The first-order valence-electron chi connectivity index (χ1n) is 8.39. The Hall–Kier alpha value is -1.88. The molecule has 0 N–H and O–H groups in total. The van der Waals surface area contributed by atoms with Gasteiger partial charge in [0.2, 0.25) is 0 Å². The highest BCUT2D eigenvalue weighted by atomic mass is 32.1. The Morgan fingerprint density at radius 2 is 1.25 bits per heavy atom. The summed E-state index contributed by atoms with van der Waals surface area (Å²) in [5.74, 6) is 0. The molecule has 0 bridgehead atoms. The highest BCUT2D eigenvalue weighted by Gasteiger charge is 2.24. The van der Waals surface area contributed by atoms with Crippen molar-refractivity contribution in [2.24, 2.45) is 0 Å². The molecule has 0 atom stereocenters. The number of thiophene rings is 2. The molecule has 3 heterocycles. The number of rotatable bonds is 3. The van der Waals surface area contributed by atoms with Gasteiger partial charge in [0.15, 0.2) is 0 Å². The van der Waals surface area contributed by atoms with E-state index in [-0.39, 0.29) is 0 Å². The van der Waals surface area contributed by atoms with Crippen LogP contribution in [0.3, 0.4) is 0 Å². The smallest absolute Gasteiger partial charge is 0.0667 e. The van der Waals surface area contributed by atoms with Gasteiger partial charge < -0.3 is 0 Å². The molecule has 1 aliphatic rings. The maximum absolute atomic E-state index is 2.51. The third kappa shape index (κ3) is 2.25. The summed E-state index contributed by atoms with van der Waals surface area (Å²) >= 11 is 3.64. The van der Waals surface area contributed by atoms with E-state index >= 15 is 0 Å². The van der Waals surface area contributed by atoms with Crippen LogP contribution in [0.1, 0.15) is 12.8 Å². The molecule has 1 fully saturated rings. The maximum atomic E-state index is 2.51. The molecule has 4 heteroatoms. The predicted octanol–water partition coefficient (Wildman–Crippen LogP) is 6.26. The van der Waals surface area contributed by atoms with Crippen molar-refractivity contribution < 1.29 is 0 Å². The summed E-state index contributed by atoms with van der Waals surface area (Å²) in [7, 11) is 0. The second-order valence-electron chi connectivity index (χ2n) is 6.19. The number of hydrazine groups is 1. The van der Waals surface area contributed by atoms with E-state index in [1.807, 2.05) is 22.7 Å². The third-order valence-corrected chi connectivity index (χ3v) is 6.53. The van der Waals surface area contributed by atoms with Crippen molar-refractivity contribution in [2.75, 3.05) is 18.1 Å². The number of hydrogen-bond donors (Lipinski definition) is 0. The molecule has 120 valence electrons. The lowest BCUT2D eigenvalue weighted by atomic mass is 10.1. The van der Waals surface area contributed by atoms with Crippen LogP contribution in [0, 0.1) is 0 Å². The minimum atomic E-state index is 1.13. The number of hydrogen-bond acceptors (Lipinski definition) is 4. The van der Waals surface area contributed by atoms with E-state index < -0.39 is 0 Å². The van der Waals surface area contributed by atoms with E-state index in [0.717, 1.165) is 13.1 Å². The zero-order valence-electron chi connectivity index (χ0n) is 13.3. The van der Waals surface area contributed by atoms with Gasteiger partial charge in [0.25, 0.3) is 0 Å². The second kappa shape index (κ2) is 5.88. The van der Waals surface area contributed by atoms with Gasteiger partial charge in [-0.15, -0.1) is 22.7 Å². The van der Waals surface area contributed by atoms with E-state index in [9.17, 15) is 0 Å². The van der Waals surface area contributed by atoms with E-state index in [0.29, 0.717) is 0 Å². The van der Waals surface area contributed by atoms with Gasteiger partial charge in [0, 0.05) is 33.3 Å². The van der Waals surface area contributed by atoms with Gasteiger partial charge in [-0.2, -0.15) is 0 Å². The molecule has 1 aliphatic heterocycles. The largest absolute Gasteiger partial charge is 0.273 e. The Kier molecular flexibility index (Phi) is 3.55. The summed E-state index contributed by atoms with van der Waals surface area (Å²) in [5, 5.41) is 12.1. The summed E-state index contributed by atoms with van der Waals surface area (Å²) in [5.41, 5.74) is 2.60. The van der Waals surface area contributed by atoms with Crippen molar-refractivity contribution in [3.63, 3.8) is 0 Å². The van der Waals surface area contributed by atoms with E-state index in [1.165, 1.54) is 44.4 Å². The fourth-order valence-corrected chi connectivity index (χ4v) is 5.28. The SMILES string of the molecule is c1cc(N(c2cccc3sccc23)N2CCCC2)c2ccsc2c1. The predicted molar refractivity (Wildman–Crippen MR) is 107 cm³/mol. The van der Waals surface area contributed by atoms with Crippen LogP contribution < -0.4 is 5.01 Å². The van der Waals surface area contributed by atoms with Crippen LogP contribution in [-0.4, -0.2) is 18.1 Å². The Bertz CT molecular complexity index is 921. The average Bonchev–Trinajstić information content (AvgIpc) is 3.36. The van der Waals surface area contributed by atoms with Gasteiger partial charge in [-0.05, 0) is 60.0 Å². The lowest BCUT2D eigenvalue weighted by Crippen LogP contribution is -2.37. The van der Waals surface area contributed by atoms with Crippen molar-refractivity contribution in [3.05, 3.63) is 59.3 Å². The summed E-state index contributed by atoms with van der Waals surface area (Å²) in [6.07, 6.45) is 2.55. The highest BCUT2D eigenvalue weighted by molar-refractivity contribution is 7.17. The molecule has 0 saturated carbocycles. The number of fused-ring (bicyclic) bond motifs is 2. The van der Waals surface area contributed by atoms with Crippen LogP contribution in [0.2, 0.25) is 0 Å². The molecule has 2 nitrogen and oxygen atoms in total. The number of anilines is 2. The van der Waals surface area contributed by atoms with Gasteiger partial charge in [-0.25, -0.2) is 5.01 Å².